The van der Waals surface area contributed by atoms with Crippen molar-refractivity contribution in [1.29, 1.82) is 0 Å². The van der Waals surface area contributed by atoms with E-state index >= 15 is 0 Å². The molecule has 19 heavy (non-hydrogen) atoms. The molecule has 1 saturated carbocycles. The first-order valence-electron chi connectivity index (χ1n) is 6.88. The van der Waals surface area contributed by atoms with E-state index in [4.69, 9.17) is 10.5 Å². The molecule has 1 aromatic carbocycles. The molecule has 2 N–H and O–H groups in total. The SMILES string of the molecule is CCCN(CC1CC1)C(=O)c1cc(N)ccc1OC. The van der Waals surface area contributed by atoms with Crippen molar-refractivity contribution in [1.82, 2.24) is 4.90 Å². The van der Waals surface area contributed by atoms with E-state index in [0.717, 1.165) is 19.5 Å². The summed E-state index contributed by atoms with van der Waals surface area (Å²) >= 11 is 0. The fourth-order valence-electron chi connectivity index (χ4n) is 2.22. The molecule has 0 radical (unpaired) electrons. The van der Waals surface area contributed by atoms with Gasteiger partial charge in [0.05, 0.1) is 12.7 Å². The Morgan fingerprint density at radius 3 is 2.79 bits per heavy atom. The second-order valence-electron chi connectivity index (χ2n) is 5.15. The van der Waals surface area contributed by atoms with Crippen LogP contribution < -0.4 is 10.5 Å². The summed E-state index contributed by atoms with van der Waals surface area (Å²) in [5.74, 6) is 1.30. The normalized spacial score (nSPS) is 14.2. The highest BCUT2D eigenvalue weighted by molar-refractivity contribution is 5.97. The van der Waals surface area contributed by atoms with Crippen LogP contribution in [0.2, 0.25) is 0 Å². The van der Waals surface area contributed by atoms with Crippen LogP contribution in [0.25, 0.3) is 0 Å². The largest absolute Gasteiger partial charge is 0.496 e. The highest BCUT2D eigenvalue weighted by atomic mass is 16.5. The van der Waals surface area contributed by atoms with Crippen molar-refractivity contribution < 1.29 is 9.53 Å². The molecule has 0 saturated heterocycles. The number of carbonyl (C=O) groups excluding carboxylic acids is 1. The number of benzene rings is 1. The summed E-state index contributed by atoms with van der Waals surface area (Å²) in [7, 11) is 1.58. The zero-order chi connectivity index (χ0) is 13.8. The van der Waals surface area contributed by atoms with Gasteiger partial charge in [-0.15, -0.1) is 0 Å². The van der Waals surface area contributed by atoms with Gasteiger partial charge in [-0.05, 0) is 43.4 Å². The zero-order valence-corrected chi connectivity index (χ0v) is 11.7. The number of hydrogen-bond acceptors (Lipinski definition) is 3. The Morgan fingerprint density at radius 1 is 1.47 bits per heavy atom. The van der Waals surface area contributed by atoms with E-state index in [1.807, 2.05) is 4.90 Å². The molecular weight excluding hydrogens is 240 g/mol. The van der Waals surface area contributed by atoms with Gasteiger partial charge in [0, 0.05) is 18.8 Å². The molecule has 2 rings (SSSR count). The van der Waals surface area contributed by atoms with E-state index in [1.54, 1.807) is 25.3 Å². The predicted molar refractivity (Wildman–Crippen MR) is 76.3 cm³/mol. The number of amides is 1. The van der Waals surface area contributed by atoms with Crippen LogP contribution in [0.1, 0.15) is 36.5 Å². The average molecular weight is 262 g/mol. The van der Waals surface area contributed by atoms with Crippen molar-refractivity contribution in [3.05, 3.63) is 23.8 Å². The lowest BCUT2D eigenvalue weighted by atomic mass is 10.1. The second-order valence-corrected chi connectivity index (χ2v) is 5.15. The van der Waals surface area contributed by atoms with Gasteiger partial charge >= 0.3 is 0 Å². The fourth-order valence-corrected chi connectivity index (χ4v) is 2.22. The Kier molecular flexibility index (Phi) is 4.30. The Labute approximate surface area is 114 Å². The lowest BCUT2D eigenvalue weighted by Crippen LogP contribution is -2.33. The monoisotopic (exact) mass is 262 g/mol. The van der Waals surface area contributed by atoms with Gasteiger partial charge in [0.2, 0.25) is 0 Å². The molecule has 4 nitrogen and oxygen atoms in total. The quantitative estimate of drug-likeness (QED) is 0.801. The van der Waals surface area contributed by atoms with Gasteiger partial charge in [0.25, 0.3) is 5.91 Å². The van der Waals surface area contributed by atoms with Gasteiger partial charge in [-0.1, -0.05) is 6.92 Å². The van der Waals surface area contributed by atoms with Crippen molar-refractivity contribution in [3.8, 4) is 5.75 Å². The van der Waals surface area contributed by atoms with Crippen molar-refractivity contribution in [3.63, 3.8) is 0 Å². The molecule has 1 aromatic rings. The van der Waals surface area contributed by atoms with Crippen LogP contribution >= 0.6 is 0 Å². The van der Waals surface area contributed by atoms with Crippen molar-refractivity contribution in [2.24, 2.45) is 5.92 Å². The van der Waals surface area contributed by atoms with Gasteiger partial charge in [0.15, 0.2) is 0 Å². The molecule has 0 spiro atoms. The summed E-state index contributed by atoms with van der Waals surface area (Å²) in [5.41, 5.74) is 6.94. The lowest BCUT2D eigenvalue weighted by Gasteiger charge is -2.23. The van der Waals surface area contributed by atoms with E-state index in [9.17, 15) is 4.79 Å². The maximum Gasteiger partial charge on any atom is 0.257 e. The summed E-state index contributed by atoms with van der Waals surface area (Å²) in [6.45, 7) is 3.72. The molecule has 0 unspecified atom stereocenters. The molecule has 104 valence electrons. The Morgan fingerprint density at radius 2 is 2.21 bits per heavy atom. The number of ether oxygens (including phenoxy) is 1. The number of nitrogens with zero attached hydrogens (tertiary/aromatic N) is 1. The van der Waals surface area contributed by atoms with Gasteiger partial charge in [0.1, 0.15) is 5.75 Å². The van der Waals surface area contributed by atoms with E-state index in [-0.39, 0.29) is 5.91 Å². The van der Waals surface area contributed by atoms with Gasteiger partial charge in [-0.25, -0.2) is 0 Å². The smallest absolute Gasteiger partial charge is 0.257 e. The van der Waals surface area contributed by atoms with Crippen LogP contribution in [0, 0.1) is 5.92 Å². The summed E-state index contributed by atoms with van der Waals surface area (Å²) in [4.78, 5) is 14.5. The zero-order valence-electron chi connectivity index (χ0n) is 11.7. The number of nitrogens with two attached hydrogens (primary N) is 1. The predicted octanol–water partition coefficient (Wildman–Crippen LogP) is 2.54. The maximum atomic E-state index is 12.6. The summed E-state index contributed by atoms with van der Waals surface area (Å²) < 4.78 is 5.27. The highest BCUT2D eigenvalue weighted by Gasteiger charge is 2.28. The standard InChI is InChI=1S/C15H22N2O2/c1-3-8-17(10-11-4-5-11)15(18)13-9-12(16)6-7-14(13)19-2/h6-7,9,11H,3-5,8,10,16H2,1-2H3. The third-order valence-corrected chi connectivity index (χ3v) is 3.41. The summed E-state index contributed by atoms with van der Waals surface area (Å²) in [6, 6.07) is 5.21. The lowest BCUT2D eigenvalue weighted by molar-refractivity contribution is 0.0744. The number of hydrogen-bond donors (Lipinski definition) is 1. The van der Waals surface area contributed by atoms with Crippen LogP contribution in [0.3, 0.4) is 0 Å². The third kappa shape index (κ3) is 3.40. The van der Waals surface area contributed by atoms with Crippen molar-refractivity contribution >= 4 is 11.6 Å². The number of carbonyl (C=O) groups is 1. The molecule has 0 aliphatic heterocycles. The molecule has 4 heteroatoms. The first-order valence-corrected chi connectivity index (χ1v) is 6.88. The van der Waals surface area contributed by atoms with E-state index in [0.29, 0.717) is 22.9 Å². The van der Waals surface area contributed by atoms with E-state index in [2.05, 4.69) is 6.92 Å². The van der Waals surface area contributed by atoms with E-state index in [1.165, 1.54) is 12.8 Å². The molecule has 0 aromatic heterocycles. The Hall–Kier alpha value is -1.71. The minimum absolute atomic E-state index is 0.0258. The molecule has 1 fully saturated rings. The minimum Gasteiger partial charge on any atom is -0.496 e. The van der Waals surface area contributed by atoms with Crippen LogP contribution in [0.5, 0.6) is 5.75 Å². The number of anilines is 1. The second kappa shape index (κ2) is 5.95. The first kappa shape index (κ1) is 13.7. The van der Waals surface area contributed by atoms with Gasteiger partial charge in [-0.3, -0.25) is 4.79 Å². The topological polar surface area (TPSA) is 55.6 Å². The number of methoxy groups -OCH3 is 1. The van der Waals surface area contributed by atoms with Crippen LogP contribution in [0.4, 0.5) is 5.69 Å². The maximum absolute atomic E-state index is 12.6. The van der Waals surface area contributed by atoms with Crippen LogP contribution in [0.15, 0.2) is 18.2 Å². The molecule has 1 amide bonds. The fraction of sp³-hybridized carbons (Fsp3) is 0.533. The minimum atomic E-state index is 0.0258. The molecule has 0 heterocycles. The van der Waals surface area contributed by atoms with Crippen LogP contribution in [-0.2, 0) is 0 Å². The molecule has 0 atom stereocenters. The van der Waals surface area contributed by atoms with Crippen molar-refractivity contribution in [2.75, 3.05) is 25.9 Å². The summed E-state index contributed by atoms with van der Waals surface area (Å²) in [6.07, 6.45) is 3.44. The van der Waals surface area contributed by atoms with Crippen molar-refractivity contribution in [2.45, 2.75) is 26.2 Å². The highest BCUT2D eigenvalue weighted by Crippen LogP contribution is 2.31. The molecule has 0 bridgehead atoms. The first-order chi connectivity index (χ1) is 9.15. The van der Waals surface area contributed by atoms with Gasteiger partial charge < -0.3 is 15.4 Å². The third-order valence-electron chi connectivity index (χ3n) is 3.41. The summed E-state index contributed by atoms with van der Waals surface area (Å²) in [5, 5.41) is 0. The molecular formula is C15H22N2O2. The van der Waals surface area contributed by atoms with Crippen LogP contribution in [-0.4, -0.2) is 31.0 Å². The average Bonchev–Trinajstić information content (AvgIpc) is 3.21. The molecule has 1 aliphatic carbocycles. The molecule has 1 aliphatic rings. The van der Waals surface area contributed by atoms with E-state index < -0.39 is 0 Å². The number of rotatable bonds is 6. The Balaban J connectivity index is 2.21. The van der Waals surface area contributed by atoms with Gasteiger partial charge in [-0.2, -0.15) is 0 Å². The number of nitrogen functional groups attached to an aromatic ring is 1. The Bertz CT molecular complexity index is 455.